The van der Waals surface area contributed by atoms with Crippen molar-refractivity contribution < 1.29 is 34.0 Å². The molecule has 2 aromatic heterocycles. The first-order valence-corrected chi connectivity index (χ1v) is 14.2. The van der Waals surface area contributed by atoms with Crippen LogP contribution in [-0.4, -0.2) is 68.9 Å². The molecule has 2 N–H and O–H groups in total. The average Bonchev–Trinajstić information content (AvgIpc) is 3.53. The van der Waals surface area contributed by atoms with Gasteiger partial charge in [0.15, 0.2) is 11.5 Å². The molecule has 4 heterocycles. The molecule has 1 fully saturated rings. The first-order valence-electron chi connectivity index (χ1n) is 14.2. The number of aromatic carboxylic acids is 1. The molecule has 2 aromatic carbocycles. The highest BCUT2D eigenvalue weighted by Crippen LogP contribution is 2.49. The molecule has 226 valence electrons. The Morgan fingerprint density at radius 1 is 1.12 bits per heavy atom. The number of fused-ring (bicyclic) bond motifs is 2. The van der Waals surface area contributed by atoms with Gasteiger partial charge in [-0.3, -0.25) is 9.69 Å². The highest BCUT2D eigenvalue weighted by atomic mass is 16.7. The van der Waals surface area contributed by atoms with Crippen molar-refractivity contribution in [2.24, 2.45) is 0 Å². The first kappa shape index (κ1) is 30.0. The van der Waals surface area contributed by atoms with Gasteiger partial charge in [0, 0.05) is 31.8 Å². The van der Waals surface area contributed by atoms with Crippen LogP contribution >= 0.6 is 0 Å². The first-order chi connectivity index (χ1) is 20.8. The highest BCUT2D eigenvalue weighted by Gasteiger charge is 2.42. The fourth-order valence-electron chi connectivity index (χ4n) is 5.83. The van der Waals surface area contributed by atoms with Gasteiger partial charge < -0.3 is 29.0 Å². The molecule has 43 heavy (non-hydrogen) atoms. The molecule has 11 heteroatoms. The number of nitrogens with zero attached hydrogens (tertiary/aromatic N) is 4. The monoisotopic (exact) mass is 588 g/mol. The van der Waals surface area contributed by atoms with Gasteiger partial charge in [-0.2, -0.15) is 0 Å². The predicted octanol–water partition coefficient (Wildman–Crippen LogP) is 4.81. The maximum absolute atomic E-state index is 11.6. The summed E-state index contributed by atoms with van der Waals surface area (Å²) in [7, 11) is 1.67. The Balaban J connectivity index is 0.00000118. The summed E-state index contributed by atoms with van der Waals surface area (Å²) in [5.74, 6) is 0.968. The molecule has 11 nitrogen and oxygen atoms in total. The van der Waals surface area contributed by atoms with Gasteiger partial charge in [-0.25, -0.2) is 14.8 Å². The second-order valence-electron chi connectivity index (χ2n) is 10.8. The number of ether oxygens (including phenoxy) is 3. The van der Waals surface area contributed by atoms with Gasteiger partial charge in [-0.05, 0) is 75.2 Å². The second kappa shape index (κ2) is 12.8. The number of rotatable bonds is 8. The third-order valence-electron chi connectivity index (χ3n) is 7.95. The van der Waals surface area contributed by atoms with Crippen LogP contribution in [0.1, 0.15) is 58.8 Å². The van der Waals surface area contributed by atoms with Gasteiger partial charge in [0.25, 0.3) is 12.3 Å². The van der Waals surface area contributed by atoms with Crippen molar-refractivity contribution in [1.82, 2.24) is 19.4 Å². The van der Waals surface area contributed by atoms with Crippen LogP contribution in [0, 0.1) is 6.92 Å². The number of aryl methyl sites for hydroxylation is 1. The van der Waals surface area contributed by atoms with Crippen molar-refractivity contribution in [2.45, 2.75) is 51.5 Å². The van der Waals surface area contributed by atoms with Gasteiger partial charge in [0.1, 0.15) is 11.5 Å². The zero-order chi connectivity index (χ0) is 30.6. The van der Waals surface area contributed by atoms with Gasteiger partial charge in [0.2, 0.25) is 0 Å². The van der Waals surface area contributed by atoms with E-state index in [4.69, 9.17) is 29.1 Å². The Bertz CT molecular complexity index is 1610. The number of imidazole rings is 1. The summed E-state index contributed by atoms with van der Waals surface area (Å²) in [5, 5.41) is 16.4. The summed E-state index contributed by atoms with van der Waals surface area (Å²) in [6, 6.07) is 17.2. The van der Waals surface area contributed by atoms with Crippen LogP contribution in [0.25, 0.3) is 11.0 Å². The number of methoxy groups -OCH3 is 1. The summed E-state index contributed by atoms with van der Waals surface area (Å²) in [4.78, 5) is 31.8. The number of para-hydroxylation sites is 1. The number of piperidine rings is 1. The quantitative estimate of drug-likeness (QED) is 0.276. The SMILES string of the molecule is COCCn1c(CN2CCC(c3cccc4c3OC(C)(c3cccc(C)n3)O4)CC2)nc2ccc(C(=O)O)cc21.O=CO. The fraction of sp³-hybridized carbons (Fsp3) is 0.375. The molecular formula is C32H36N4O7. The van der Waals surface area contributed by atoms with E-state index in [9.17, 15) is 9.90 Å². The van der Waals surface area contributed by atoms with Crippen molar-refractivity contribution in [2.75, 3.05) is 26.8 Å². The van der Waals surface area contributed by atoms with E-state index < -0.39 is 11.8 Å². The topological polar surface area (TPSA) is 136 Å². The normalized spacial score (nSPS) is 18.3. The minimum Gasteiger partial charge on any atom is -0.483 e. The molecule has 0 aliphatic carbocycles. The van der Waals surface area contributed by atoms with Crippen LogP contribution in [0.3, 0.4) is 0 Å². The Hall–Kier alpha value is -4.48. The molecule has 2 aliphatic rings. The number of pyridine rings is 1. The molecule has 6 rings (SSSR count). The number of benzene rings is 2. The number of carboxylic acid groups (broad SMARTS) is 2. The van der Waals surface area contributed by atoms with E-state index in [-0.39, 0.29) is 12.0 Å². The minimum absolute atomic E-state index is 0.250. The van der Waals surface area contributed by atoms with Gasteiger partial charge in [-0.1, -0.05) is 18.2 Å². The lowest BCUT2D eigenvalue weighted by Crippen LogP contribution is -2.34. The lowest BCUT2D eigenvalue weighted by molar-refractivity contribution is -0.122. The molecule has 0 amide bonds. The van der Waals surface area contributed by atoms with Crippen molar-refractivity contribution in [1.29, 1.82) is 0 Å². The van der Waals surface area contributed by atoms with Crippen molar-refractivity contribution >= 4 is 23.5 Å². The van der Waals surface area contributed by atoms with Crippen molar-refractivity contribution in [3.05, 3.63) is 82.9 Å². The molecule has 4 aromatic rings. The smallest absolute Gasteiger partial charge is 0.335 e. The van der Waals surface area contributed by atoms with E-state index >= 15 is 0 Å². The Morgan fingerprint density at radius 3 is 2.56 bits per heavy atom. The Morgan fingerprint density at radius 2 is 1.86 bits per heavy atom. The average molecular weight is 589 g/mol. The van der Waals surface area contributed by atoms with Crippen molar-refractivity contribution in [3.63, 3.8) is 0 Å². The summed E-state index contributed by atoms with van der Waals surface area (Å²) in [6.07, 6.45) is 1.97. The van der Waals surface area contributed by atoms with E-state index in [2.05, 4.69) is 20.5 Å². The largest absolute Gasteiger partial charge is 0.483 e. The maximum Gasteiger partial charge on any atom is 0.335 e. The van der Waals surface area contributed by atoms with Crippen LogP contribution in [0.4, 0.5) is 0 Å². The van der Waals surface area contributed by atoms with E-state index in [1.54, 1.807) is 25.3 Å². The Labute approximate surface area is 249 Å². The van der Waals surface area contributed by atoms with Gasteiger partial charge in [0.05, 0.1) is 29.7 Å². The molecule has 0 saturated carbocycles. The fourth-order valence-corrected chi connectivity index (χ4v) is 5.83. The molecule has 2 aliphatic heterocycles. The highest BCUT2D eigenvalue weighted by molar-refractivity contribution is 5.92. The number of carboxylic acids is 1. The minimum atomic E-state index is -0.951. The molecular weight excluding hydrogens is 552 g/mol. The zero-order valence-corrected chi connectivity index (χ0v) is 24.5. The molecule has 1 unspecified atom stereocenters. The number of hydrogen-bond acceptors (Lipinski definition) is 8. The van der Waals surface area contributed by atoms with E-state index in [0.717, 1.165) is 65.7 Å². The molecule has 1 atom stereocenters. The molecule has 0 spiro atoms. The van der Waals surface area contributed by atoms with Crippen LogP contribution in [0.2, 0.25) is 0 Å². The van der Waals surface area contributed by atoms with Crippen LogP contribution in [-0.2, 0) is 28.4 Å². The number of likely N-dealkylation sites (tertiary alicyclic amines) is 1. The zero-order valence-electron chi connectivity index (χ0n) is 24.5. The lowest BCUT2D eigenvalue weighted by Gasteiger charge is -2.32. The standard InChI is InChI=1S/C31H34N4O5.CH2O2/c1-20-6-4-9-27(32-20)31(2)39-26-8-5-7-23(29(26)40-31)21-12-14-34(15-13-21)19-28-33-24-11-10-22(30(36)37)18-25(24)35(28)16-17-38-3;2-1-3/h4-11,18,21H,12-17,19H2,1-3H3,(H,36,37);1H,(H,2,3). The third-order valence-corrected chi connectivity index (χ3v) is 7.95. The predicted molar refractivity (Wildman–Crippen MR) is 159 cm³/mol. The van der Waals surface area contributed by atoms with E-state index in [1.165, 1.54) is 5.56 Å². The van der Waals surface area contributed by atoms with Crippen molar-refractivity contribution in [3.8, 4) is 11.5 Å². The number of hydrogen-bond donors (Lipinski definition) is 2. The lowest BCUT2D eigenvalue weighted by atomic mass is 9.88. The molecule has 1 saturated heterocycles. The number of aromatic nitrogens is 3. The molecule has 0 bridgehead atoms. The van der Waals surface area contributed by atoms with Crippen LogP contribution in [0.5, 0.6) is 11.5 Å². The van der Waals surface area contributed by atoms with E-state index in [1.807, 2.05) is 44.2 Å². The van der Waals surface area contributed by atoms with Gasteiger partial charge in [-0.15, -0.1) is 0 Å². The van der Waals surface area contributed by atoms with Gasteiger partial charge >= 0.3 is 5.97 Å². The summed E-state index contributed by atoms with van der Waals surface area (Å²) < 4.78 is 20.2. The van der Waals surface area contributed by atoms with Crippen LogP contribution < -0.4 is 9.47 Å². The second-order valence-corrected chi connectivity index (χ2v) is 10.8. The molecule has 0 radical (unpaired) electrons. The maximum atomic E-state index is 11.6. The van der Waals surface area contributed by atoms with Crippen LogP contribution in [0.15, 0.2) is 54.6 Å². The summed E-state index contributed by atoms with van der Waals surface area (Å²) >= 11 is 0. The summed E-state index contributed by atoms with van der Waals surface area (Å²) in [5.41, 5.74) is 4.75. The third kappa shape index (κ3) is 6.32. The summed E-state index contributed by atoms with van der Waals surface area (Å²) in [6.45, 7) is 7.31. The van der Waals surface area contributed by atoms with E-state index in [0.29, 0.717) is 25.6 Å². The Kier molecular flexibility index (Phi) is 8.93. The number of carbonyl (C=O) groups is 2.